The fourth-order valence-electron chi connectivity index (χ4n) is 0.426. The van der Waals surface area contributed by atoms with Crippen LogP contribution in [0.15, 0.2) is 12.7 Å². The van der Waals surface area contributed by atoms with Crippen molar-refractivity contribution in [2.45, 2.75) is 18.8 Å². The number of rotatable bonds is 5. The Labute approximate surface area is 96.5 Å². The van der Waals surface area contributed by atoms with Crippen LogP contribution in [-0.2, 0) is 14.3 Å². The topological polar surface area (TPSA) is 63.6 Å². The molecular formula is C6H13NaO4S. The third-order valence-corrected chi connectivity index (χ3v) is 2.50. The molecule has 68 valence electrons. The van der Waals surface area contributed by atoms with Gasteiger partial charge in [-0.3, -0.25) is 4.18 Å². The smallest absolute Gasteiger partial charge is 1.00 e. The van der Waals surface area contributed by atoms with E-state index < -0.39 is 15.6 Å². The summed E-state index contributed by atoms with van der Waals surface area (Å²) in [5.74, 6) is 0. The van der Waals surface area contributed by atoms with Crippen LogP contribution in [0.1, 0.15) is 14.8 Å². The molecule has 12 heavy (non-hydrogen) atoms. The number of aliphatic hydroxyl groups excluding tert-OH is 1. The van der Waals surface area contributed by atoms with Crippen LogP contribution in [0.2, 0.25) is 0 Å². The summed E-state index contributed by atoms with van der Waals surface area (Å²) < 4.78 is 25.9. The Morgan fingerprint density at radius 2 is 2.25 bits per heavy atom. The van der Waals surface area contributed by atoms with Gasteiger partial charge in [0.1, 0.15) is 0 Å². The first-order chi connectivity index (χ1) is 5.04. The molecular weight excluding hydrogens is 191 g/mol. The summed E-state index contributed by atoms with van der Waals surface area (Å²) in [7, 11) is -3.79. The van der Waals surface area contributed by atoms with Gasteiger partial charge in [0.15, 0.2) is 5.44 Å². The Kier molecular flexibility index (Phi) is 8.88. The van der Waals surface area contributed by atoms with E-state index in [1.165, 1.54) is 6.08 Å². The molecule has 1 unspecified atom stereocenters. The van der Waals surface area contributed by atoms with E-state index in [9.17, 15) is 8.42 Å². The summed E-state index contributed by atoms with van der Waals surface area (Å²) in [5, 5.41) is 8.87. The van der Waals surface area contributed by atoms with Crippen molar-refractivity contribution < 1.29 is 48.7 Å². The van der Waals surface area contributed by atoms with E-state index in [-0.39, 0.29) is 44.0 Å². The molecule has 0 aromatic heterocycles. The molecule has 0 saturated heterocycles. The second-order valence-corrected chi connectivity index (χ2v) is 3.69. The fraction of sp³-hybridized carbons (Fsp3) is 0.667. The number of aliphatic hydroxyl groups is 1. The van der Waals surface area contributed by atoms with Gasteiger partial charge >= 0.3 is 29.6 Å². The quantitative estimate of drug-likeness (QED) is 0.302. The minimum atomic E-state index is -3.79. The van der Waals surface area contributed by atoms with Crippen molar-refractivity contribution in [1.29, 1.82) is 0 Å². The van der Waals surface area contributed by atoms with Crippen LogP contribution in [0.4, 0.5) is 0 Å². The van der Waals surface area contributed by atoms with Gasteiger partial charge in [0.05, 0.1) is 6.61 Å². The molecule has 0 aliphatic carbocycles. The van der Waals surface area contributed by atoms with Gasteiger partial charge in [-0.05, 0) is 6.42 Å². The fourth-order valence-corrected chi connectivity index (χ4v) is 1.28. The van der Waals surface area contributed by atoms with Crippen LogP contribution in [0.3, 0.4) is 0 Å². The standard InChI is InChI=1S/C6H12O4S.Na.H/c1-3-5-10-11(8,9)6(7)4-2;;/h3,6-7H,1,4-5H2,2H3;;/q;+1;-1. The molecule has 0 aliphatic rings. The van der Waals surface area contributed by atoms with Gasteiger partial charge in [0.2, 0.25) is 0 Å². The van der Waals surface area contributed by atoms with Crippen molar-refractivity contribution in [2.24, 2.45) is 0 Å². The summed E-state index contributed by atoms with van der Waals surface area (Å²) in [6.45, 7) is 4.74. The molecule has 0 heterocycles. The average molecular weight is 204 g/mol. The van der Waals surface area contributed by atoms with Crippen molar-refractivity contribution in [1.82, 2.24) is 0 Å². The zero-order valence-electron chi connectivity index (χ0n) is 8.36. The molecule has 0 fully saturated rings. The summed E-state index contributed by atoms with van der Waals surface area (Å²) in [4.78, 5) is 0. The van der Waals surface area contributed by atoms with Gasteiger partial charge < -0.3 is 6.53 Å². The predicted molar refractivity (Wildman–Crippen MR) is 42.5 cm³/mol. The van der Waals surface area contributed by atoms with Crippen LogP contribution in [-0.4, -0.2) is 25.6 Å². The first-order valence-corrected chi connectivity index (χ1v) is 4.69. The van der Waals surface area contributed by atoms with E-state index in [4.69, 9.17) is 5.11 Å². The van der Waals surface area contributed by atoms with E-state index in [0.717, 1.165) is 0 Å². The Morgan fingerprint density at radius 1 is 1.75 bits per heavy atom. The molecule has 6 heteroatoms. The first-order valence-electron chi connectivity index (χ1n) is 3.21. The molecule has 0 aromatic rings. The maximum Gasteiger partial charge on any atom is 1.00 e. The molecule has 0 aliphatic heterocycles. The molecule has 0 aromatic carbocycles. The van der Waals surface area contributed by atoms with E-state index in [2.05, 4.69) is 10.8 Å². The maximum absolute atomic E-state index is 10.8. The monoisotopic (exact) mass is 204 g/mol. The van der Waals surface area contributed by atoms with Gasteiger partial charge in [-0.1, -0.05) is 13.0 Å². The minimum absolute atomic E-state index is 0. The van der Waals surface area contributed by atoms with Gasteiger partial charge in [-0.25, -0.2) is 0 Å². The molecule has 1 N–H and O–H groups in total. The summed E-state index contributed by atoms with van der Waals surface area (Å²) in [6, 6.07) is 0. The van der Waals surface area contributed by atoms with Crippen molar-refractivity contribution in [3.8, 4) is 0 Å². The average Bonchev–Trinajstić information content (AvgIpc) is 1.99. The Balaban J connectivity index is -0.000000500. The van der Waals surface area contributed by atoms with E-state index in [0.29, 0.717) is 0 Å². The van der Waals surface area contributed by atoms with E-state index in [1.54, 1.807) is 6.92 Å². The van der Waals surface area contributed by atoms with Crippen molar-refractivity contribution in [2.75, 3.05) is 6.61 Å². The van der Waals surface area contributed by atoms with Crippen LogP contribution < -0.4 is 29.6 Å². The molecule has 1 atom stereocenters. The van der Waals surface area contributed by atoms with Crippen molar-refractivity contribution in [3.63, 3.8) is 0 Å². The van der Waals surface area contributed by atoms with Crippen LogP contribution >= 0.6 is 0 Å². The number of hydrogen-bond acceptors (Lipinski definition) is 4. The molecule has 0 rings (SSSR count). The normalized spacial score (nSPS) is 13.2. The Bertz CT molecular complexity index is 217. The number of hydrogen-bond donors (Lipinski definition) is 1. The van der Waals surface area contributed by atoms with Crippen LogP contribution in [0.25, 0.3) is 0 Å². The zero-order valence-corrected chi connectivity index (χ0v) is 10.2. The predicted octanol–water partition coefficient (Wildman–Crippen LogP) is -2.64. The molecule has 0 radical (unpaired) electrons. The van der Waals surface area contributed by atoms with Gasteiger partial charge in [-0.2, -0.15) is 8.42 Å². The Hall–Kier alpha value is 0.610. The maximum atomic E-state index is 10.8. The van der Waals surface area contributed by atoms with Crippen LogP contribution in [0.5, 0.6) is 0 Å². The van der Waals surface area contributed by atoms with Gasteiger partial charge in [-0.15, -0.1) is 6.58 Å². The SMILES string of the molecule is C=CCOS(=O)(=O)C(O)CC.[H-].[Na+]. The second-order valence-electron chi connectivity index (χ2n) is 1.93. The minimum Gasteiger partial charge on any atom is -1.00 e. The third kappa shape index (κ3) is 5.29. The van der Waals surface area contributed by atoms with Gasteiger partial charge in [0.25, 0.3) is 10.1 Å². The molecule has 0 amide bonds. The molecule has 0 spiro atoms. The van der Waals surface area contributed by atoms with Crippen molar-refractivity contribution in [3.05, 3.63) is 12.7 Å². The Morgan fingerprint density at radius 3 is 2.58 bits per heavy atom. The molecule has 4 nitrogen and oxygen atoms in total. The summed E-state index contributed by atoms with van der Waals surface area (Å²) in [5.41, 5.74) is -1.43. The third-order valence-electron chi connectivity index (χ3n) is 1.03. The molecule has 0 bridgehead atoms. The second kappa shape index (κ2) is 7.06. The summed E-state index contributed by atoms with van der Waals surface area (Å²) >= 11 is 0. The largest absolute Gasteiger partial charge is 1.00 e. The van der Waals surface area contributed by atoms with Crippen LogP contribution in [0, 0.1) is 0 Å². The zero-order chi connectivity index (χ0) is 8.91. The van der Waals surface area contributed by atoms with E-state index in [1.807, 2.05) is 0 Å². The molecule has 0 saturated carbocycles. The van der Waals surface area contributed by atoms with Crippen molar-refractivity contribution >= 4 is 10.1 Å². The van der Waals surface area contributed by atoms with Gasteiger partial charge in [0, 0.05) is 0 Å². The first kappa shape index (κ1) is 15.1. The van der Waals surface area contributed by atoms with E-state index >= 15 is 0 Å². The summed E-state index contributed by atoms with van der Waals surface area (Å²) in [6.07, 6.45) is 1.43.